The molecule has 1 amide bonds. The molecule has 23 heavy (non-hydrogen) atoms. The Morgan fingerprint density at radius 2 is 2.13 bits per heavy atom. The van der Waals surface area contributed by atoms with Crippen LogP contribution in [0.3, 0.4) is 0 Å². The zero-order valence-electron chi connectivity index (χ0n) is 13.8. The molecule has 0 radical (unpaired) electrons. The highest BCUT2D eigenvalue weighted by atomic mass is 16.2. The quantitative estimate of drug-likeness (QED) is 0.460. The molecular weight excluding hydrogens is 288 g/mol. The van der Waals surface area contributed by atoms with Gasteiger partial charge >= 0.3 is 0 Å². The van der Waals surface area contributed by atoms with E-state index in [1.165, 1.54) is 5.56 Å². The number of hydrogen-bond donors (Lipinski definition) is 2. The summed E-state index contributed by atoms with van der Waals surface area (Å²) >= 11 is 0. The Bertz CT molecular complexity index is 568. The van der Waals surface area contributed by atoms with Gasteiger partial charge < -0.3 is 15.5 Å². The molecule has 0 aliphatic carbocycles. The van der Waals surface area contributed by atoms with Crippen LogP contribution in [0.2, 0.25) is 0 Å². The number of benzene rings is 1. The highest BCUT2D eigenvalue weighted by molar-refractivity contribution is 5.80. The number of nitrogens with one attached hydrogen (secondary N) is 2. The maximum absolute atomic E-state index is 11.8. The summed E-state index contributed by atoms with van der Waals surface area (Å²) in [5.41, 5.74) is 2.33. The van der Waals surface area contributed by atoms with Crippen molar-refractivity contribution in [2.75, 3.05) is 19.6 Å². The fourth-order valence-electron chi connectivity index (χ4n) is 2.62. The van der Waals surface area contributed by atoms with Crippen LogP contribution >= 0.6 is 0 Å². The Balaban J connectivity index is 2.06. The molecular formula is C18H26N4O. The van der Waals surface area contributed by atoms with Gasteiger partial charge in [-0.3, -0.25) is 4.79 Å². The molecule has 1 saturated heterocycles. The normalized spacial score (nSPS) is 14.9. The van der Waals surface area contributed by atoms with E-state index in [4.69, 9.17) is 0 Å². The van der Waals surface area contributed by atoms with Crippen molar-refractivity contribution in [2.24, 2.45) is 4.99 Å². The Morgan fingerprint density at radius 3 is 2.78 bits per heavy atom. The second-order valence-electron chi connectivity index (χ2n) is 5.55. The van der Waals surface area contributed by atoms with Crippen molar-refractivity contribution >= 4 is 11.9 Å². The highest BCUT2D eigenvalue weighted by Crippen LogP contribution is 2.17. The van der Waals surface area contributed by atoms with Crippen LogP contribution in [0.4, 0.5) is 0 Å². The van der Waals surface area contributed by atoms with Gasteiger partial charge in [-0.2, -0.15) is 0 Å². The molecule has 2 rings (SSSR count). The van der Waals surface area contributed by atoms with Crippen LogP contribution in [-0.4, -0.2) is 36.4 Å². The van der Waals surface area contributed by atoms with Crippen LogP contribution in [0, 0.1) is 0 Å². The van der Waals surface area contributed by atoms with Gasteiger partial charge in [0.1, 0.15) is 0 Å². The summed E-state index contributed by atoms with van der Waals surface area (Å²) in [4.78, 5) is 18.4. The number of carbonyl (C=O) groups excluding carboxylic acids is 1. The molecule has 1 aromatic rings. The molecule has 1 aromatic carbocycles. The molecule has 1 aliphatic rings. The summed E-state index contributed by atoms with van der Waals surface area (Å²) in [6.45, 7) is 9.37. The fourth-order valence-corrected chi connectivity index (χ4v) is 2.62. The predicted molar refractivity (Wildman–Crippen MR) is 94.1 cm³/mol. The first kappa shape index (κ1) is 17.1. The number of amides is 1. The second-order valence-corrected chi connectivity index (χ2v) is 5.55. The third-order valence-corrected chi connectivity index (χ3v) is 3.82. The van der Waals surface area contributed by atoms with Crippen molar-refractivity contribution in [3.63, 3.8) is 0 Å². The van der Waals surface area contributed by atoms with Gasteiger partial charge in [0.2, 0.25) is 5.91 Å². The molecule has 1 aliphatic heterocycles. The largest absolute Gasteiger partial charge is 0.357 e. The van der Waals surface area contributed by atoms with E-state index in [0.717, 1.165) is 31.0 Å². The number of aliphatic imine (C=N–C) groups is 1. The van der Waals surface area contributed by atoms with Gasteiger partial charge in [0.15, 0.2) is 5.96 Å². The van der Waals surface area contributed by atoms with Crippen molar-refractivity contribution < 1.29 is 4.79 Å². The maximum Gasteiger partial charge on any atom is 0.222 e. The minimum absolute atomic E-state index is 0.254. The van der Waals surface area contributed by atoms with Gasteiger partial charge in [-0.15, -0.1) is 6.58 Å². The summed E-state index contributed by atoms with van der Waals surface area (Å²) in [6.07, 6.45) is 3.45. The van der Waals surface area contributed by atoms with E-state index in [1.54, 1.807) is 6.08 Å². The molecule has 5 nitrogen and oxygen atoms in total. The van der Waals surface area contributed by atoms with E-state index in [1.807, 2.05) is 24.0 Å². The number of likely N-dealkylation sites (tertiary alicyclic amines) is 1. The lowest BCUT2D eigenvalue weighted by Gasteiger charge is -2.18. The molecule has 0 aromatic heterocycles. The van der Waals surface area contributed by atoms with Crippen molar-refractivity contribution in [1.29, 1.82) is 0 Å². The Morgan fingerprint density at radius 1 is 1.35 bits per heavy atom. The van der Waals surface area contributed by atoms with Crippen molar-refractivity contribution in [3.8, 4) is 0 Å². The number of rotatable bonds is 7. The summed E-state index contributed by atoms with van der Waals surface area (Å²) in [6, 6.07) is 8.20. The van der Waals surface area contributed by atoms with Gasteiger partial charge in [0.05, 0.1) is 6.54 Å². The molecule has 0 spiro atoms. The molecule has 124 valence electrons. The first-order chi connectivity index (χ1) is 11.2. The Labute approximate surface area is 138 Å². The Kier molecular flexibility index (Phi) is 6.66. The van der Waals surface area contributed by atoms with E-state index >= 15 is 0 Å². The molecule has 0 bridgehead atoms. The molecule has 5 heteroatoms. The highest BCUT2D eigenvalue weighted by Gasteiger charge is 2.20. The lowest BCUT2D eigenvalue weighted by atomic mass is 10.1. The number of nitrogens with zero attached hydrogens (tertiary/aromatic N) is 2. The number of carbonyl (C=O) groups is 1. The molecule has 1 heterocycles. The van der Waals surface area contributed by atoms with Gasteiger partial charge in [-0.1, -0.05) is 30.3 Å². The smallest absolute Gasteiger partial charge is 0.222 e. The fraction of sp³-hybridized carbons (Fsp3) is 0.444. The van der Waals surface area contributed by atoms with E-state index in [-0.39, 0.29) is 5.91 Å². The molecule has 0 atom stereocenters. The average Bonchev–Trinajstić information content (AvgIpc) is 2.96. The van der Waals surface area contributed by atoms with Crippen LogP contribution in [0.1, 0.15) is 30.9 Å². The number of hydrogen-bond acceptors (Lipinski definition) is 2. The first-order valence-corrected chi connectivity index (χ1v) is 8.22. The van der Waals surface area contributed by atoms with Crippen molar-refractivity contribution in [3.05, 3.63) is 48.0 Å². The van der Waals surface area contributed by atoms with Crippen LogP contribution in [0.5, 0.6) is 0 Å². The Hall–Kier alpha value is -2.30. The van der Waals surface area contributed by atoms with E-state index in [0.29, 0.717) is 26.1 Å². The van der Waals surface area contributed by atoms with Gasteiger partial charge in [-0.05, 0) is 24.5 Å². The third kappa shape index (κ3) is 5.13. The minimum atomic E-state index is 0.254. The SMILES string of the molecule is C=CCNC(=NCc1ccccc1CN1CCCC1=O)NCC. The topological polar surface area (TPSA) is 56.7 Å². The lowest BCUT2D eigenvalue weighted by Crippen LogP contribution is -2.37. The van der Waals surface area contributed by atoms with Gasteiger partial charge in [-0.25, -0.2) is 4.99 Å². The first-order valence-electron chi connectivity index (χ1n) is 8.22. The lowest BCUT2D eigenvalue weighted by molar-refractivity contribution is -0.128. The van der Waals surface area contributed by atoms with Crippen molar-refractivity contribution in [2.45, 2.75) is 32.9 Å². The zero-order valence-corrected chi connectivity index (χ0v) is 13.8. The average molecular weight is 314 g/mol. The van der Waals surface area contributed by atoms with Crippen molar-refractivity contribution in [1.82, 2.24) is 15.5 Å². The minimum Gasteiger partial charge on any atom is -0.357 e. The van der Waals surface area contributed by atoms with Crippen LogP contribution in [-0.2, 0) is 17.9 Å². The molecule has 2 N–H and O–H groups in total. The zero-order chi connectivity index (χ0) is 16.5. The molecule has 0 unspecified atom stereocenters. The maximum atomic E-state index is 11.8. The van der Waals surface area contributed by atoms with Gasteiger partial charge in [0, 0.05) is 32.6 Å². The number of guanidine groups is 1. The standard InChI is InChI=1S/C18H26N4O/c1-3-11-20-18(19-4-2)21-13-15-8-5-6-9-16(15)14-22-12-7-10-17(22)23/h3,5-6,8-9H,1,4,7,10-14H2,2H3,(H2,19,20,21). The molecule has 0 saturated carbocycles. The molecule has 1 fully saturated rings. The van der Waals surface area contributed by atoms with Crippen LogP contribution < -0.4 is 10.6 Å². The second kappa shape index (κ2) is 8.98. The monoisotopic (exact) mass is 314 g/mol. The van der Waals surface area contributed by atoms with Crippen LogP contribution in [0.15, 0.2) is 41.9 Å². The van der Waals surface area contributed by atoms with E-state index in [9.17, 15) is 4.79 Å². The summed E-state index contributed by atoms with van der Waals surface area (Å²) in [7, 11) is 0. The van der Waals surface area contributed by atoms with E-state index < -0.39 is 0 Å². The summed E-state index contributed by atoms with van der Waals surface area (Å²) in [5, 5.41) is 6.41. The van der Waals surface area contributed by atoms with Gasteiger partial charge in [0.25, 0.3) is 0 Å². The summed E-state index contributed by atoms with van der Waals surface area (Å²) in [5.74, 6) is 1.03. The summed E-state index contributed by atoms with van der Waals surface area (Å²) < 4.78 is 0. The third-order valence-electron chi connectivity index (χ3n) is 3.82. The van der Waals surface area contributed by atoms with E-state index in [2.05, 4.69) is 34.3 Å². The van der Waals surface area contributed by atoms with Crippen LogP contribution in [0.25, 0.3) is 0 Å². The predicted octanol–water partition coefficient (Wildman–Crippen LogP) is 2.05.